The van der Waals surface area contributed by atoms with Crippen molar-refractivity contribution >= 4 is 11.8 Å². The first-order chi connectivity index (χ1) is 9.35. The largest absolute Gasteiger partial charge is 0.313 e. The number of thioether (sulfide) groups is 1. The maximum absolute atomic E-state index is 3.77. The van der Waals surface area contributed by atoms with E-state index in [2.05, 4.69) is 24.0 Å². The summed E-state index contributed by atoms with van der Waals surface area (Å²) < 4.78 is 0. The van der Waals surface area contributed by atoms with E-state index in [-0.39, 0.29) is 0 Å². The van der Waals surface area contributed by atoms with Crippen LogP contribution in [0, 0.1) is 17.8 Å². The van der Waals surface area contributed by atoms with Crippen LogP contribution in [-0.4, -0.2) is 23.6 Å². The maximum Gasteiger partial charge on any atom is 0.0160 e. The molecule has 2 bridgehead atoms. The van der Waals surface area contributed by atoms with Gasteiger partial charge in [-0.05, 0) is 62.8 Å². The van der Waals surface area contributed by atoms with Crippen LogP contribution in [0.4, 0.5) is 0 Å². The van der Waals surface area contributed by atoms with E-state index in [1.54, 1.807) is 25.7 Å². The normalized spacial score (nSPS) is 36.2. The fourth-order valence-electron chi connectivity index (χ4n) is 4.84. The van der Waals surface area contributed by atoms with Crippen LogP contribution in [0.2, 0.25) is 0 Å². The SMILES string of the molecule is CCNC(CSC1CCCC1)CC1CC2CCC1C2. The molecule has 1 N–H and O–H groups in total. The van der Waals surface area contributed by atoms with Crippen molar-refractivity contribution in [3.05, 3.63) is 0 Å². The first-order valence-electron chi connectivity index (χ1n) is 8.70. The van der Waals surface area contributed by atoms with Crippen LogP contribution in [0.3, 0.4) is 0 Å². The van der Waals surface area contributed by atoms with Crippen molar-refractivity contribution in [2.45, 2.75) is 76.0 Å². The molecule has 4 atom stereocenters. The lowest BCUT2D eigenvalue weighted by atomic mass is 9.84. The van der Waals surface area contributed by atoms with Gasteiger partial charge in [-0.2, -0.15) is 11.8 Å². The Labute approximate surface area is 123 Å². The first-order valence-corrected chi connectivity index (χ1v) is 9.75. The molecule has 3 saturated carbocycles. The zero-order valence-electron chi connectivity index (χ0n) is 12.6. The van der Waals surface area contributed by atoms with Crippen LogP contribution in [0.15, 0.2) is 0 Å². The molecular formula is C17H31NS. The van der Waals surface area contributed by atoms with Crippen LogP contribution in [-0.2, 0) is 0 Å². The highest BCUT2D eigenvalue weighted by Crippen LogP contribution is 2.50. The highest BCUT2D eigenvalue weighted by Gasteiger charge is 2.40. The summed E-state index contributed by atoms with van der Waals surface area (Å²) in [4.78, 5) is 0. The van der Waals surface area contributed by atoms with Gasteiger partial charge in [-0.25, -0.2) is 0 Å². The molecule has 0 saturated heterocycles. The van der Waals surface area contributed by atoms with E-state index in [1.807, 2.05) is 0 Å². The van der Waals surface area contributed by atoms with Gasteiger partial charge in [0.05, 0.1) is 0 Å². The third-order valence-corrected chi connectivity index (χ3v) is 7.34. The Morgan fingerprint density at radius 3 is 2.58 bits per heavy atom. The molecule has 0 heterocycles. The minimum absolute atomic E-state index is 0.792. The van der Waals surface area contributed by atoms with Crippen LogP contribution in [0.5, 0.6) is 0 Å². The average molecular weight is 282 g/mol. The number of rotatable bonds is 7. The molecule has 3 aliphatic carbocycles. The first kappa shape index (κ1) is 14.3. The van der Waals surface area contributed by atoms with Crippen molar-refractivity contribution < 1.29 is 0 Å². The molecule has 0 spiro atoms. The molecule has 0 aliphatic heterocycles. The molecule has 0 aromatic rings. The van der Waals surface area contributed by atoms with Gasteiger partial charge >= 0.3 is 0 Å². The minimum Gasteiger partial charge on any atom is -0.313 e. The smallest absolute Gasteiger partial charge is 0.0160 e. The van der Waals surface area contributed by atoms with E-state index in [1.165, 1.54) is 37.9 Å². The molecule has 0 radical (unpaired) electrons. The van der Waals surface area contributed by atoms with Crippen molar-refractivity contribution in [3.63, 3.8) is 0 Å². The fourth-order valence-corrected chi connectivity index (χ4v) is 6.26. The predicted molar refractivity (Wildman–Crippen MR) is 85.7 cm³/mol. The molecule has 3 aliphatic rings. The summed E-state index contributed by atoms with van der Waals surface area (Å²) in [7, 11) is 0. The van der Waals surface area contributed by atoms with Crippen LogP contribution < -0.4 is 5.32 Å². The van der Waals surface area contributed by atoms with Crippen LogP contribution >= 0.6 is 11.8 Å². The number of nitrogens with one attached hydrogen (secondary N) is 1. The summed E-state index contributed by atoms with van der Waals surface area (Å²) in [5, 5.41) is 4.76. The second-order valence-corrected chi connectivity index (χ2v) is 8.50. The molecule has 0 aromatic carbocycles. The molecule has 110 valence electrons. The summed E-state index contributed by atoms with van der Waals surface area (Å²) in [6, 6.07) is 0.792. The molecule has 0 aromatic heterocycles. The van der Waals surface area contributed by atoms with E-state index >= 15 is 0 Å². The van der Waals surface area contributed by atoms with E-state index < -0.39 is 0 Å². The number of hydrogen-bond acceptors (Lipinski definition) is 2. The molecule has 3 rings (SSSR count). The highest BCUT2D eigenvalue weighted by molar-refractivity contribution is 7.99. The molecule has 1 nitrogen and oxygen atoms in total. The Morgan fingerprint density at radius 1 is 1.11 bits per heavy atom. The Hall–Kier alpha value is 0.310. The van der Waals surface area contributed by atoms with Crippen LogP contribution in [0.1, 0.15) is 64.7 Å². The van der Waals surface area contributed by atoms with E-state index in [9.17, 15) is 0 Å². The van der Waals surface area contributed by atoms with Crippen molar-refractivity contribution in [1.29, 1.82) is 0 Å². The molecule has 0 amide bonds. The summed E-state index contributed by atoms with van der Waals surface area (Å²) in [6.45, 7) is 3.42. The van der Waals surface area contributed by atoms with Gasteiger partial charge in [-0.15, -0.1) is 0 Å². The third kappa shape index (κ3) is 3.69. The lowest BCUT2D eigenvalue weighted by Gasteiger charge is -2.27. The minimum atomic E-state index is 0.792. The molecule has 2 heteroatoms. The molecular weight excluding hydrogens is 250 g/mol. The topological polar surface area (TPSA) is 12.0 Å². The lowest BCUT2D eigenvalue weighted by molar-refractivity contribution is 0.287. The van der Waals surface area contributed by atoms with Crippen molar-refractivity contribution in [1.82, 2.24) is 5.32 Å². The van der Waals surface area contributed by atoms with Crippen molar-refractivity contribution in [2.75, 3.05) is 12.3 Å². The number of fused-ring (bicyclic) bond motifs is 2. The highest BCUT2D eigenvalue weighted by atomic mass is 32.2. The van der Waals surface area contributed by atoms with Gasteiger partial charge in [0, 0.05) is 17.0 Å². The van der Waals surface area contributed by atoms with Crippen molar-refractivity contribution in [3.8, 4) is 0 Å². The summed E-state index contributed by atoms with van der Waals surface area (Å²) >= 11 is 2.27. The zero-order chi connectivity index (χ0) is 13.1. The zero-order valence-corrected chi connectivity index (χ0v) is 13.4. The summed E-state index contributed by atoms with van der Waals surface area (Å²) in [5.74, 6) is 4.64. The Bertz CT molecular complexity index is 274. The fraction of sp³-hybridized carbons (Fsp3) is 1.00. The van der Waals surface area contributed by atoms with Gasteiger partial charge in [0.15, 0.2) is 0 Å². The molecule has 3 fully saturated rings. The van der Waals surface area contributed by atoms with Gasteiger partial charge in [0.25, 0.3) is 0 Å². The lowest BCUT2D eigenvalue weighted by Crippen LogP contribution is -2.34. The van der Waals surface area contributed by atoms with Gasteiger partial charge in [0.2, 0.25) is 0 Å². The van der Waals surface area contributed by atoms with E-state index in [0.717, 1.165) is 35.6 Å². The monoisotopic (exact) mass is 281 g/mol. The Kier molecular flexibility index (Phi) is 5.14. The second-order valence-electron chi connectivity index (χ2n) is 7.17. The Morgan fingerprint density at radius 2 is 1.95 bits per heavy atom. The summed E-state index contributed by atoms with van der Waals surface area (Å²) in [6.07, 6.45) is 13.6. The maximum atomic E-state index is 3.77. The Balaban J connectivity index is 1.43. The molecule has 4 unspecified atom stereocenters. The quantitative estimate of drug-likeness (QED) is 0.739. The van der Waals surface area contributed by atoms with E-state index in [0.29, 0.717) is 0 Å². The number of hydrogen-bond donors (Lipinski definition) is 1. The van der Waals surface area contributed by atoms with Gasteiger partial charge in [-0.1, -0.05) is 26.2 Å². The predicted octanol–water partition coefficient (Wildman–Crippen LogP) is 4.47. The van der Waals surface area contributed by atoms with Gasteiger partial charge < -0.3 is 5.32 Å². The average Bonchev–Trinajstić information content (AvgIpc) is 3.13. The van der Waals surface area contributed by atoms with Crippen LogP contribution in [0.25, 0.3) is 0 Å². The standard InChI is InChI=1S/C17H31NS/c1-2-18-16(12-19-17-5-3-4-6-17)11-15-10-13-7-8-14(15)9-13/h13-18H,2-12H2,1H3. The molecule has 19 heavy (non-hydrogen) atoms. The van der Waals surface area contributed by atoms with Gasteiger partial charge in [0.1, 0.15) is 0 Å². The third-order valence-electron chi connectivity index (χ3n) is 5.80. The van der Waals surface area contributed by atoms with Crippen molar-refractivity contribution in [2.24, 2.45) is 17.8 Å². The van der Waals surface area contributed by atoms with E-state index in [4.69, 9.17) is 0 Å². The second kappa shape index (κ2) is 6.85. The summed E-state index contributed by atoms with van der Waals surface area (Å²) in [5.41, 5.74) is 0. The van der Waals surface area contributed by atoms with Gasteiger partial charge in [-0.3, -0.25) is 0 Å².